The molecule has 3 heteroatoms. The number of rotatable bonds is 5. The van der Waals surface area contributed by atoms with E-state index in [1.807, 2.05) is 12.1 Å². The van der Waals surface area contributed by atoms with Crippen LogP contribution in [0.5, 0.6) is 0 Å². The molecule has 0 fully saturated rings. The molecule has 18 heavy (non-hydrogen) atoms. The van der Waals surface area contributed by atoms with Crippen molar-refractivity contribution in [2.75, 3.05) is 5.32 Å². The zero-order chi connectivity index (χ0) is 13.0. The molecule has 0 radical (unpaired) electrons. The van der Waals surface area contributed by atoms with Gasteiger partial charge in [0.05, 0.1) is 17.3 Å². The lowest BCUT2D eigenvalue weighted by atomic mass is 10.2. The van der Waals surface area contributed by atoms with Crippen molar-refractivity contribution < 1.29 is 0 Å². The molecule has 0 unspecified atom stereocenters. The van der Waals surface area contributed by atoms with Crippen LogP contribution in [0.4, 0.5) is 5.69 Å². The predicted molar refractivity (Wildman–Crippen MR) is 78.2 cm³/mol. The van der Waals surface area contributed by atoms with Crippen LogP contribution in [0.2, 0.25) is 5.02 Å². The Morgan fingerprint density at radius 2 is 2.11 bits per heavy atom. The van der Waals surface area contributed by atoms with Gasteiger partial charge in [0.25, 0.3) is 0 Å². The Bertz CT molecular complexity index is 517. The molecule has 1 N–H and O–H groups in total. The molecular weight excluding hydrogens is 244 g/mol. The monoisotopic (exact) mass is 262 g/mol. The first-order chi connectivity index (χ1) is 8.70. The largest absolute Gasteiger partial charge is 0.378 e. The van der Waals surface area contributed by atoms with Crippen molar-refractivity contribution in [3.63, 3.8) is 0 Å². The number of aromatic nitrogens is 1. The average molecular weight is 263 g/mol. The van der Waals surface area contributed by atoms with Crippen molar-refractivity contribution >= 4 is 17.3 Å². The zero-order valence-electron chi connectivity index (χ0n) is 10.9. The number of anilines is 1. The fraction of sp³-hybridized carbons (Fsp3) is 0.333. The highest BCUT2D eigenvalue weighted by molar-refractivity contribution is 6.33. The van der Waals surface area contributed by atoms with Crippen LogP contribution in [0.3, 0.4) is 0 Å². The molecule has 0 saturated heterocycles. The molecule has 0 saturated carbocycles. The maximum absolute atomic E-state index is 6.17. The van der Waals surface area contributed by atoms with Crippen LogP contribution < -0.4 is 5.32 Å². The lowest BCUT2D eigenvalue weighted by Gasteiger charge is -2.12. The van der Waals surface area contributed by atoms with Crippen LogP contribution in [0.1, 0.15) is 24.6 Å². The summed E-state index contributed by atoms with van der Waals surface area (Å²) in [6, 6.07) is 10.3. The SMILES string of the molecule is CCCn1cccc1CNc1cc(C)ccc1Cl. The maximum atomic E-state index is 6.17. The Balaban J connectivity index is 2.06. The van der Waals surface area contributed by atoms with E-state index in [0.29, 0.717) is 0 Å². The number of aryl methyl sites for hydroxylation is 2. The fourth-order valence-corrected chi connectivity index (χ4v) is 2.21. The summed E-state index contributed by atoms with van der Waals surface area (Å²) < 4.78 is 2.27. The van der Waals surface area contributed by atoms with Gasteiger partial charge < -0.3 is 9.88 Å². The molecule has 1 aromatic heterocycles. The normalized spacial score (nSPS) is 10.6. The van der Waals surface area contributed by atoms with Crippen LogP contribution in [-0.2, 0) is 13.1 Å². The number of hydrogen-bond donors (Lipinski definition) is 1. The molecule has 0 aliphatic heterocycles. The van der Waals surface area contributed by atoms with Crippen LogP contribution in [0, 0.1) is 6.92 Å². The minimum Gasteiger partial charge on any atom is -0.378 e. The van der Waals surface area contributed by atoms with Crippen LogP contribution >= 0.6 is 11.6 Å². The molecule has 2 nitrogen and oxygen atoms in total. The van der Waals surface area contributed by atoms with Gasteiger partial charge in [-0.1, -0.05) is 24.6 Å². The number of halogens is 1. The molecule has 0 bridgehead atoms. The molecule has 2 aromatic rings. The summed E-state index contributed by atoms with van der Waals surface area (Å²) in [7, 11) is 0. The van der Waals surface area contributed by atoms with Gasteiger partial charge in [0.1, 0.15) is 0 Å². The first kappa shape index (κ1) is 13.0. The first-order valence-electron chi connectivity index (χ1n) is 6.34. The van der Waals surface area contributed by atoms with E-state index in [-0.39, 0.29) is 0 Å². The summed E-state index contributed by atoms with van der Waals surface area (Å²) in [5, 5.41) is 4.17. The summed E-state index contributed by atoms with van der Waals surface area (Å²) in [6.45, 7) is 6.12. The smallest absolute Gasteiger partial charge is 0.0637 e. The second-order valence-electron chi connectivity index (χ2n) is 4.53. The maximum Gasteiger partial charge on any atom is 0.0637 e. The van der Waals surface area contributed by atoms with Crippen molar-refractivity contribution in [3.8, 4) is 0 Å². The highest BCUT2D eigenvalue weighted by Crippen LogP contribution is 2.23. The number of hydrogen-bond acceptors (Lipinski definition) is 1. The molecule has 0 aliphatic carbocycles. The zero-order valence-corrected chi connectivity index (χ0v) is 11.7. The summed E-state index contributed by atoms with van der Waals surface area (Å²) >= 11 is 6.17. The molecule has 96 valence electrons. The first-order valence-corrected chi connectivity index (χ1v) is 6.72. The van der Waals surface area contributed by atoms with E-state index >= 15 is 0 Å². The van der Waals surface area contributed by atoms with E-state index in [0.717, 1.165) is 30.2 Å². The molecule has 0 spiro atoms. The molecule has 1 aromatic carbocycles. The van der Waals surface area contributed by atoms with Gasteiger partial charge in [-0.25, -0.2) is 0 Å². The lowest BCUT2D eigenvalue weighted by molar-refractivity contribution is 0.654. The molecule has 0 aliphatic rings. The van der Waals surface area contributed by atoms with Crippen molar-refractivity contribution in [2.24, 2.45) is 0 Å². The van der Waals surface area contributed by atoms with Crippen LogP contribution in [0.15, 0.2) is 36.5 Å². The van der Waals surface area contributed by atoms with E-state index in [2.05, 4.69) is 48.1 Å². The number of nitrogens with one attached hydrogen (secondary N) is 1. The van der Waals surface area contributed by atoms with Gasteiger partial charge in [-0.3, -0.25) is 0 Å². The van der Waals surface area contributed by atoms with Gasteiger partial charge in [0.15, 0.2) is 0 Å². The van der Waals surface area contributed by atoms with Crippen molar-refractivity contribution in [3.05, 3.63) is 52.8 Å². The van der Waals surface area contributed by atoms with Crippen molar-refractivity contribution in [1.82, 2.24) is 4.57 Å². The summed E-state index contributed by atoms with van der Waals surface area (Å²) in [5.41, 5.74) is 3.50. The lowest BCUT2D eigenvalue weighted by Crippen LogP contribution is -2.07. The molecule has 2 rings (SSSR count). The van der Waals surface area contributed by atoms with E-state index in [4.69, 9.17) is 11.6 Å². The quantitative estimate of drug-likeness (QED) is 0.841. The Labute approximate surface area is 114 Å². The molecule has 0 atom stereocenters. The minimum atomic E-state index is 0.772. The number of nitrogens with zero attached hydrogens (tertiary/aromatic N) is 1. The summed E-state index contributed by atoms with van der Waals surface area (Å²) in [6.07, 6.45) is 3.27. The van der Waals surface area contributed by atoms with Crippen LogP contribution in [-0.4, -0.2) is 4.57 Å². The third-order valence-corrected chi connectivity index (χ3v) is 3.30. The van der Waals surface area contributed by atoms with E-state index in [1.54, 1.807) is 0 Å². The van der Waals surface area contributed by atoms with Crippen LogP contribution in [0.25, 0.3) is 0 Å². The Morgan fingerprint density at radius 3 is 2.89 bits per heavy atom. The second-order valence-corrected chi connectivity index (χ2v) is 4.94. The van der Waals surface area contributed by atoms with Gasteiger partial charge in [-0.15, -0.1) is 0 Å². The molecule has 1 heterocycles. The summed E-state index contributed by atoms with van der Waals surface area (Å²) in [5.74, 6) is 0. The highest BCUT2D eigenvalue weighted by atomic mass is 35.5. The van der Waals surface area contributed by atoms with E-state index in [9.17, 15) is 0 Å². The minimum absolute atomic E-state index is 0.772. The second kappa shape index (κ2) is 5.96. The van der Waals surface area contributed by atoms with E-state index < -0.39 is 0 Å². The predicted octanol–water partition coefficient (Wildman–Crippen LogP) is 4.47. The third-order valence-electron chi connectivity index (χ3n) is 2.97. The van der Waals surface area contributed by atoms with Gasteiger partial charge in [0, 0.05) is 18.4 Å². The van der Waals surface area contributed by atoms with Gasteiger partial charge >= 0.3 is 0 Å². The number of benzene rings is 1. The Hall–Kier alpha value is -1.41. The van der Waals surface area contributed by atoms with Gasteiger partial charge in [-0.2, -0.15) is 0 Å². The standard InChI is InChI=1S/C15H19ClN2/c1-3-8-18-9-4-5-13(18)11-17-15-10-12(2)6-7-14(15)16/h4-7,9-10,17H,3,8,11H2,1-2H3. The fourth-order valence-electron chi connectivity index (χ4n) is 2.03. The van der Waals surface area contributed by atoms with E-state index in [1.165, 1.54) is 11.3 Å². The van der Waals surface area contributed by atoms with Crippen molar-refractivity contribution in [2.45, 2.75) is 33.4 Å². The molecule has 0 amide bonds. The Morgan fingerprint density at radius 1 is 1.28 bits per heavy atom. The topological polar surface area (TPSA) is 17.0 Å². The third kappa shape index (κ3) is 3.08. The average Bonchev–Trinajstić information content (AvgIpc) is 2.78. The van der Waals surface area contributed by atoms with Crippen molar-refractivity contribution in [1.29, 1.82) is 0 Å². The van der Waals surface area contributed by atoms with Gasteiger partial charge in [0.2, 0.25) is 0 Å². The highest BCUT2D eigenvalue weighted by Gasteiger charge is 2.03. The molecular formula is C15H19ClN2. The Kier molecular flexibility index (Phi) is 4.32. The summed E-state index contributed by atoms with van der Waals surface area (Å²) in [4.78, 5) is 0. The van der Waals surface area contributed by atoms with Gasteiger partial charge in [-0.05, 0) is 43.2 Å².